The van der Waals surface area contributed by atoms with Crippen LogP contribution in [0.2, 0.25) is 5.28 Å². The lowest BCUT2D eigenvalue weighted by atomic mass is 9.95. The van der Waals surface area contributed by atoms with E-state index in [1.165, 1.54) is 0 Å². The fourth-order valence-corrected chi connectivity index (χ4v) is 1.74. The Bertz CT molecular complexity index is 557. The molecule has 0 aliphatic carbocycles. The van der Waals surface area contributed by atoms with E-state index in [9.17, 15) is 5.11 Å². The van der Waals surface area contributed by atoms with Crippen LogP contribution >= 0.6 is 11.6 Å². The van der Waals surface area contributed by atoms with Gasteiger partial charge in [0.15, 0.2) is 0 Å². The van der Waals surface area contributed by atoms with Gasteiger partial charge in [-0.2, -0.15) is 0 Å². The van der Waals surface area contributed by atoms with Crippen molar-refractivity contribution in [3.8, 4) is 0 Å². The average Bonchev–Trinajstić information content (AvgIpc) is 2.36. The summed E-state index contributed by atoms with van der Waals surface area (Å²) in [5.74, 6) is 0.701. The lowest BCUT2D eigenvalue weighted by Gasteiger charge is -2.22. The molecule has 0 saturated carbocycles. The van der Waals surface area contributed by atoms with Gasteiger partial charge in [-0.1, -0.05) is 26.0 Å². The van der Waals surface area contributed by atoms with E-state index in [0.29, 0.717) is 12.4 Å². The van der Waals surface area contributed by atoms with Crippen molar-refractivity contribution in [3.05, 3.63) is 29.5 Å². The molecule has 1 aromatic heterocycles. The molecule has 0 unspecified atom stereocenters. The molecular weight excluding hydrogens is 250 g/mol. The molecule has 1 aromatic carbocycles. The van der Waals surface area contributed by atoms with Gasteiger partial charge in [0.25, 0.3) is 0 Å². The van der Waals surface area contributed by atoms with Crippen LogP contribution in [-0.4, -0.2) is 28.2 Å². The molecule has 0 amide bonds. The Kier molecular flexibility index (Phi) is 3.68. The summed E-state index contributed by atoms with van der Waals surface area (Å²) < 4.78 is 0. The number of fused-ring (bicyclic) bond motifs is 1. The smallest absolute Gasteiger partial charge is 0.224 e. The molecule has 0 bridgehead atoms. The number of hydrogen-bond donors (Lipinski definition) is 2. The predicted molar refractivity (Wildman–Crippen MR) is 73.9 cm³/mol. The third kappa shape index (κ3) is 2.89. The largest absolute Gasteiger partial charge is 0.396 e. The van der Waals surface area contributed by atoms with Crippen LogP contribution in [0.5, 0.6) is 0 Å². The van der Waals surface area contributed by atoms with E-state index in [2.05, 4.69) is 15.3 Å². The van der Waals surface area contributed by atoms with E-state index in [-0.39, 0.29) is 17.3 Å². The highest BCUT2D eigenvalue weighted by Gasteiger charge is 2.17. The van der Waals surface area contributed by atoms with Crippen molar-refractivity contribution in [2.75, 3.05) is 18.5 Å². The summed E-state index contributed by atoms with van der Waals surface area (Å²) in [6, 6.07) is 7.68. The van der Waals surface area contributed by atoms with Gasteiger partial charge in [-0.05, 0) is 23.7 Å². The zero-order valence-corrected chi connectivity index (χ0v) is 11.2. The minimum Gasteiger partial charge on any atom is -0.396 e. The molecule has 4 nitrogen and oxygen atoms in total. The molecule has 0 aliphatic rings. The maximum Gasteiger partial charge on any atom is 0.224 e. The van der Waals surface area contributed by atoms with Crippen molar-refractivity contribution in [3.63, 3.8) is 0 Å². The Hall–Kier alpha value is -1.39. The normalized spacial score (nSPS) is 11.8. The summed E-state index contributed by atoms with van der Waals surface area (Å²) in [6.45, 7) is 4.67. The van der Waals surface area contributed by atoms with Gasteiger partial charge in [-0.15, -0.1) is 0 Å². The molecule has 2 N–H and O–H groups in total. The zero-order valence-electron chi connectivity index (χ0n) is 10.4. The van der Waals surface area contributed by atoms with E-state index in [1.807, 2.05) is 38.1 Å². The van der Waals surface area contributed by atoms with Crippen molar-refractivity contribution < 1.29 is 5.11 Å². The Balaban J connectivity index is 2.33. The van der Waals surface area contributed by atoms with Crippen LogP contribution in [0.15, 0.2) is 24.3 Å². The quantitative estimate of drug-likeness (QED) is 0.835. The van der Waals surface area contributed by atoms with Crippen molar-refractivity contribution in [2.45, 2.75) is 13.8 Å². The van der Waals surface area contributed by atoms with Gasteiger partial charge in [-0.3, -0.25) is 0 Å². The Morgan fingerprint density at radius 1 is 1.28 bits per heavy atom. The van der Waals surface area contributed by atoms with Crippen LogP contribution in [0.25, 0.3) is 10.9 Å². The first kappa shape index (κ1) is 13.1. The molecule has 0 saturated heterocycles. The summed E-state index contributed by atoms with van der Waals surface area (Å²) >= 11 is 5.90. The van der Waals surface area contributed by atoms with Crippen LogP contribution in [0.3, 0.4) is 0 Å². The highest BCUT2D eigenvalue weighted by atomic mass is 35.5. The second-order valence-corrected chi connectivity index (χ2v) is 5.37. The predicted octanol–water partition coefficient (Wildman–Crippen LogP) is 2.71. The third-order valence-corrected chi connectivity index (χ3v) is 2.91. The van der Waals surface area contributed by atoms with E-state index in [4.69, 9.17) is 11.6 Å². The van der Waals surface area contributed by atoms with E-state index in [0.717, 1.165) is 10.9 Å². The maximum atomic E-state index is 9.24. The molecule has 0 aliphatic heterocycles. The monoisotopic (exact) mass is 265 g/mol. The SMILES string of the molecule is CC(C)(CO)CNc1nc(Cl)nc2ccccc12. The highest BCUT2D eigenvalue weighted by Crippen LogP contribution is 2.23. The van der Waals surface area contributed by atoms with Crippen LogP contribution in [-0.2, 0) is 0 Å². The molecule has 96 valence electrons. The molecule has 1 heterocycles. The van der Waals surface area contributed by atoms with Gasteiger partial charge in [0.2, 0.25) is 5.28 Å². The summed E-state index contributed by atoms with van der Waals surface area (Å²) in [5.41, 5.74) is 0.597. The van der Waals surface area contributed by atoms with Crippen molar-refractivity contribution in [1.29, 1.82) is 0 Å². The van der Waals surface area contributed by atoms with Crippen LogP contribution in [0.4, 0.5) is 5.82 Å². The van der Waals surface area contributed by atoms with Crippen molar-refractivity contribution in [1.82, 2.24) is 9.97 Å². The number of aliphatic hydroxyl groups is 1. The summed E-state index contributed by atoms with van der Waals surface area (Å²) in [5, 5.41) is 13.6. The molecule has 2 aromatic rings. The Morgan fingerprint density at radius 2 is 2.00 bits per heavy atom. The van der Waals surface area contributed by atoms with E-state index >= 15 is 0 Å². The minimum atomic E-state index is -0.210. The fraction of sp³-hybridized carbons (Fsp3) is 0.385. The zero-order chi connectivity index (χ0) is 13.2. The number of aliphatic hydroxyl groups excluding tert-OH is 1. The molecule has 0 spiro atoms. The summed E-state index contributed by atoms with van der Waals surface area (Å²) in [7, 11) is 0. The first-order valence-electron chi connectivity index (χ1n) is 5.79. The van der Waals surface area contributed by atoms with Crippen molar-refractivity contribution >= 4 is 28.3 Å². The number of anilines is 1. The molecule has 5 heteroatoms. The maximum absolute atomic E-state index is 9.24. The number of rotatable bonds is 4. The van der Waals surface area contributed by atoms with Gasteiger partial charge < -0.3 is 10.4 Å². The number of benzene rings is 1. The van der Waals surface area contributed by atoms with Crippen LogP contribution in [0.1, 0.15) is 13.8 Å². The van der Waals surface area contributed by atoms with E-state index < -0.39 is 0 Å². The van der Waals surface area contributed by atoms with Gasteiger partial charge in [-0.25, -0.2) is 9.97 Å². The summed E-state index contributed by atoms with van der Waals surface area (Å²) in [6.07, 6.45) is 0. The lowest BCUT2D eigenvalue weighted by Crippen LogP contribution is -2.27. The number of hydrogen-bond acceptors (Lipinski definition) is 4. The number of aromatic nitrogens is 2. The van der Waals surface area contributed by atoms with Gasteiger partial charge in [0.1, 0.15) is 5.82 Å². The third-order valence-electron chi connectivity index (χ3n) is 2.74. The number of halogens is 1. The van der Waals surface area contributed by atoms with Gasteiger partial charge in [0, 0.05) is 24.0 Å². The first-order chi connectivity index (χ1) is 8.52. The van der Waals surface area contributed by atoms with E-state index in [1.54, 1.807) is 0 Å². The molecule has 2 rings (SSSR count). The van der Waals surface area contributed by atoms with Gasteiger partial charge >= 0.3 is 0 Å². The number of para-hydroxylation sites is 1. The highest BCUT2D eigenvalue weighted by molar-refractivity contribution is 6.28. The molecule has 18 heavy (non-hydrogen) atoms. The molecule has 0 radical (unpaired) electrons. The Labute approximate surface area is 111 Å². The fourth-order valence-electron chi connectivity index (χ4n) is 1.56. The molecule has 0 fully saturated rings. The Morgan fingerprint density at radius 3 is 2.72 bits per heavy atom. The molecule has 0 atom stereocenters. The second kappa shape index (κ2) is 5.08. The van der Waals surface area contributed by atoms with Gasteiger partial charge in [0.05, 0.1) is 5.52 Å². The lowest BCUT2D eigenvalue weighted by molar-refractivity contribution is 0.171. The minimum absolute atomic E-state index is 0.108. The van der Waals surface area contributed by atoms with Crippen molar-refractivity contribution in [2.24, 2.45) is 5.41 Å². The average molecular weight is 266 g/mol. The van der Waals surface area contributed by atoms with Crippen LogP contribution in [0, 0.1) is 5.41 Å². The first-order valence-corrected chi connectivity index (χ1v) is 6.17. The summed E-state index contributed by atoms with van der Waals surface area (Å²) in [4.78, 5) is 8.37. The standard InChI is InChI=1S/C13H16ClN3O/c1-13(2,8-18)7-15-11-9-5-3-4-6-10(9)16-12(14)17-11/h3-6,18H,7-8H2,1-2H3,(H,15,16,17). The second-order valence-electron chi connectivity index (χ2n) is 5.03. The number of nitrogens with one attached hydrogen (secondary N) is 1. The molecular formula is C13H16ClN3O. The number of nitrogens with zero attached hydrogens (tertiary/aromatic N) is 2. The van der Waals surface area contributed by atoms with Crippen LogP contribution < -0.4 is 5.32 Å². The topological polar surface area (TPSA) is 58.0 Å².